The van der Waals surface area contributed by atoms with Crippen molar-refractivity contribution in [2.75, 3.05) is 0 Å². The van der Waals surface area contributed by atoms with Crippen molar-refractivity contribution in [2.45, 2.75) is 11.5 Å². The van der Waals surface area contributed by atoms with E-state index < -0.39 is 0 Å². The van der Waals surface area contributed by atoms with Crippen LogP contribution in [0.25, 0.3) is 0 Å². The van der Waals surface area contributed by atoms with Gasteiger partial charge in [-0.3, -0.25) is 0 Å². The zero-order chi connectivity index (χ0) is 10.5. The molecule has 2 aromatic rings. The van der Waals surface area contributed by atoms with Crippen molar-refractivity contribution in [3.8, 4) is 5.75 Å². The number of para-hydroxylation sites is 1. The first-order valence-electron chi connectivity index (χ1n) is 4.81. The van der Waals surface area contributed by atoms with Crippen LogP contribution in [0.2, 0.25) is 0 Å². The van der Waals surface area contributed by atoms with Gasteiger partial charge in [-0.15, -0.1) is 12.6 Å². The minimum atomic E-state index is 0.559. The van der Waals surface area contributed by atoms with Crippen LogP contribution < -0.4 is 4.74 Å². The molecule has 76 valence electrons. The lowest BCUT2D eigenvalue weighted by molar-refractivity contribution is 0.303. The maximum atomic E-state index is 5.62. The van der Waals surface area contributed by atoms with Crippen LogP contribution in [0.1, 0.15) is 5.56 Å². The first-order chi connectivity index (χ1) is 7.36. The molecule has 2 heteroatoms. The molecule has 2 aromatic carbocycles. The molecule has 0 aromatic heterocycles. The summed E-state index contributed by atoms with van der Waals surface area (Å²) in [6.45, 7) is 0.559. The fourth-order valence-corrected chi connectivity index (χ4v) is 1.54. The lowest BCUT2D eigenvalue weighted by atomic mass is 10.2. The predicted molar refractivity (Wildman–Crippen MR) is 64.5 cm³/mol. The minimum Gasteiger partial charge on any atom is -0.489 e. The van der Waals surface area contributed by atoms with Gasteiger partial charge >= 0.3 is 0 Å². The number of benzene rings is 2. The maximum Gasteiger partial charge on any atom is 0.119 e. The average Bonchev–Trinajstić information content (AvgIpc) is 2.29. The number of rotatable bonds is 3. The highest BCUT2D eigenvalue weighted by atomic mass is 32.1. The van der Waals surface area contributed by atoms with E-state index in [9.17, 15) is 0 Å². The van der Waals surface area contributed by atoms with Crippen LogP contribution in [-0.4, -0.2) is 0 Å². The topological polar surface area (TPSA) is 9.23 Å². The minimum absolute atomic E-state index is 0.559. The highest BCUT2D eigenvalue weighted by Crippen LogP contribution is 2.16. The van der Waals surface area contributed by atoms with Gasteiger partial charge in [0.15, 0.2) is 0 Å². The third-order valence-electron chi connectivity index (χ3n) is 2.13. The summed E-state index contributed by atoms with van der Waals surface area (Å²) in [5.41, 5.74) is 1.10. The standard InChI is InChI=1S/C13H12OS/c15-13-9-5-4-6-11(13)10-14-12-7-2-1-3-8-12/h1-9,15H,10H2. The quantitative estimate of drug-likeness (QED) is 0.772. The van der Waals surface area contributed by atoms with Crippen LogP contribution in [0, 0.1) is 0 Å². The summed E-state index contributed by atoms with van der Waals surface area (Å²) in [5, 5.41) is 0. The Kier molecular flexibility index (Phi) is 3.30. The summed E-state index contributed by atoms with van der Waals surface area (Å²) >= 11 is 4.36. The molecule has 0 spiro atoms. The molecule has 0 aliphatic heterocycles. The van der Waals surface area contributed by atoms with Gasteiger partial charge in [0.05, 0.1) is 0 Å². The second kappa shape index (κ2) is 4.89. The van der Waals surface area contributed by atoms with Gasteiger partial charge in [0.1, 0.15) is 12.4 Å². The number of thiol groups is 1. The molecule has 0 amide bonds. The van der Waals surface area contributed by atoms with Gasteiger partial charge in [0.2, 0.25) is 0 Å². The molecule has 0 fully saturated rings. The zero-order valence-corrected chi connectivity index (χ0v) is 9.15. The van der Waals surface area contributed by atoms with Crippen molar-refractivity contribution in [1.29, 1.82) is 0 Å². The van der Waals surface area contributed by atoms with Crippen LogP contribution in [0.5, 0.6) is 5.75 Å². The molecule has 0 N–H and O–H groups in total. The van der Waals surface area contributed by atoms with Crippen molar-refractivity contribution in [1.82, 2.24) is 0 Å². The van der Waals surface area contributed by atoms with E-state index in [4.69, 9.17) is 4.74 Å². The van der Waals surface area contributed by atoms with Gasteiger partial charge in [-0.25, -0.2) is 0 Å². The molecular weight excluding hydrogens is 204 g/mol. The Bertz CT molecular complexity index is 426. The summed E-state index contributed by atoms with van der Waals surface area (Å²) < 4.78 is 5.62. The molecule has 0 aliphatic carbocycles. The number of hydrogen-bond acceptors (Lipinski definition) is 2. The second-order valence-electron chi connectivity index (χ2n) is 3.23. The van der Waals surface area contributed by atoms with Crippen molar-refractivity contribution >= 4 is 12.6 Å². The second-order valence-corrected chi connectivity index (χ2v) is 3.71. The van der Waals surface area contributed by atoms with Crippen molar-refractivity contribution in [2.24, 2.45) is 0 Å². The molecule has 0 saturated carbocycles. The van der Waals surface area contributed by atoms with E-state index in [0.29, 0.717) is 6.61 Å². The molecule has 2 rings (SSSR count). The summed E-state index contributed by atoms with van der Waals surface area (Å²) in [4.78, 5) is 0.966. The smallest absolute Gasteiger partial charge is 0.119 e. The Morgan fingerprint density at radius 2 is 1.53 bits per heavy atom. The van der Waals surface area contributed by atoms with Crippen LogP contribution in [-0.2, 0) is 6.61 Å². The van der Waals surface area contributed by atoms with E-state index in [2.05, 4.69) is 12.6 Å². The Morgan fingerprint density at radius 3 is 2.27 bits per heavy atom. The van der Waals surface area contributed by atoms with Crippen LogP contribution in [0.15, 0.2) is 59.5 Å². The van der Waals surface area contributed by atoms with E-state index in [1.54, 1.807) is 0 Å². The van der Waals surface area contributed by atoms with Gasteiger partial charge in [-0.1, -0.05) is 36.4 Å². The third-order valence-corrected chi connectivity index (χ3v) is 2.57. The number of hydrogen-bond donors (Lipinski definition) is 1. The van der Waals surface area contributed by atoms with Gasteiger partial charge in [0, 0.05) is 10.5 Å². The number of ether oxygens (including phenoxy) is 1. The lowest BCUT2D eigenvalue weighted by Crippen LogP contribution is -1.95. The molecule has 0 unspecified atom stereocenters. The predicted octanol–water partition coefficient (Wildman–Crippen LogP) is 3.55. The van der Waals surface area contributed by atoms with E-state index >= 15 is 0 Å². The average molecular weight is 216 g/mol. The molecule has 0 bridgehead atoms. The fourth-order valence-electron chi connectivity index (χ4n) is 1.31. The molecule has 0 saturated heterocycles. The highest BCUT2D eigenvalue weighted by molar-refractivity contribution is 7.80. The highest BCUT2D eigenvalue weighted by Gasteiger charge is 1.98. The summed E-state index contributed by atoms with van der Waals surface area (Å²) in [7, 11) is 0. The third kappa shape index (κ3) is 2.77. The molecule has 0 aliphatic rings. The molecular formula is C13H12OS. The Balaban J connectivity index is 2.03. The Morgan fingerprint density at radius 1 is 0.867 bits per heavy atom. The van der Waals surface area contributed by atoms with Crippen LogP contribution in [0.3, 0.4) is 0 Å². The van der Waals surface area contributed by atoms with E-state index in [1.165, 1.54) is 0 Å². The van der Waals surface area contributed by atoms with Gasteiger partial charge in [0.25, 0.3) is 0 Å². The first-order valence-corrected chi connectivity index (χ1v) is 5.26. The zero-order valence-electron chi connectivity index (χ0n) is 8.26. The van der Waals surface area contributed by atoms with Crippen LogP contribution in [0.4, 0.5) is 0 Å². The van der Waals surface area contributed by atoms with Crippen molar-refractivity contribution in [3.63, 3.8) is 0 Å². The van der Waals surface area contributed by atoms with E-state index in [-0.39, 0.29) is 0 Å². The van der Waals surface area contributed by atoms with Crippen molar-refractivity contribution < 1.29 is 4.74 Å². The van der Waals surface area contributed by atoms with Crippen LogP contribution >= 0.6 is 12.6 Å². The van der Waals surface area contributed by atoms with Crippen molar-refractivity contribution in [3.05, 3.63) is 60.2 Å². The van der Waals surface area contributed by atoms with Gasteiger partial charge < -0.3 is 4.74 Å². The summed E-state index contributed by atoms with van der Waals surface area (Å²) in [6.07, 6.45) is 0. The molecule has 15 heavy (non-hydrogen) atoms. The van der Waals surface area contributed by atoms with Gasteiger partial charge in [-0.05, 0) is 18.2 Å². The molecule has 0 atom stereocenters. The maximum absolute atomic E-state index is 5.62. The molecule has 1 nitrogen and oxygen atoms in total. The van der Waals surface area contributed by atoms with E-state index in [0.717, 1.165) is 16.2 Å². The summed E-state index contributed by atoms with van der Waals surface area (Å²) in [6, 6.07) is 17.7. The summed E-state index contributed by atoms with van der Waals surface area (Å²) in [5.74, 6) is 0.883. The Hall–Kier alpha value is -1.41. The first kappa shape index (κ1) is 10.1. The SMILES string of the molecule is Sc1ccccc1COc1ccccc1. The monoisotopic (exact) mass is 216 g/mol. The lowest BCUT2D eigenvalue weighted by Gasteiger charge is -2.07. The fraction of sp³-hybridized carbons (Fsp3) is 0.0769. The molecule has 0 radical (unpaired) electrons. The molecule has 0 heterocycles. The van der Waals surface area contributed by atoms with Gasteiger partial charge in [-0.2, -0.15) is 0 Å². The largest absolute Gasteiger partial charge is 0.489 e. The van der Waals surface area contributed by atoms with E-state index in [1.807, 2.05) is 54.6 Å². The normalized spacial score (nSPS) is 9.93. The Labute approximate surface area is 95.1 Å².